The van der Waals surface area contributed by atoms with Crippen LogP contribution in [-0.2, 0) is 4.79 Å². The molecule has 0 atom stereocenters. The summed E-state index contributed by atoms with van der Waals surface area (Å²) in [6, 6.07) is 3.36. The van der Waals surface area contributed by atoms with Crippen LogP contribution in [0.2, 0.25) is 0 Å². The first-order chi connectivity index (χ1) is 10.5. The van der Waals surface area contributed by atoms with E-state index >= 15 is 0 Å². The van der Waals surface area contributed by atoms with E-state index in [1.54, 1.807) is 26.4 Å². The lowest BCUT2D eigenvalue weighted by Gasteiger charge is -2.12. The Hall–Kier alpha value is -2.24. The van der Waals surface area contributed by atoms with Crippen molar-refractivity contribution >= 4 is 11.9 Å². The monoisotopic (exact) mass is 309 g/mol. The van der Waals surface area contributed by atoms with Crippen molar-refractivity contribution in [3.8, 4) is 11.5 Å². The Morgan fingerprint density at radius 1 is 1.09 bits per heavy atom. The van der Waals surface area contributed by atoms with Gasteiger partial charge in [0.1, 0.15) is 11.5 Å². The number of ether oxygens (including phenoxy) is 2. The quantitative estimate of drug-likeness (QED) is 0.684. The number of amides is 1. The van der Waals surface area contributed by atoms with Crippen LogP contribution in [0.25, 0.3) is 0 Å². The minimum atomic E-state index is -0.789. The zero-order chi connectivity index (χ0) is 16.5. The van der Waals surface area contributed by atoms with E-state index in [-0.39, 0.29) is 12.3 Å². The molecule has 0 unspecified atom stereocenters. The molecule has 6 nitrogen and oxygen atoms in total. The van der Waals surface area contributed by atoms with Gasteiger partial charge in [-0.15, -0.1) is 0 Å². The van der Waals surface area contributed by atoms with Crippen molar-refractivity contribution in [3.05, 3.63) is 23.3 Å². The number of hydrogen-bond acceptors (Lipinski definition) is 4. The van der Waals surface area contributed by atoms with Gasteiger partial charge in [0.25, 0.3) is 5.91 Å². The molecule has 1 amide bonds. The summed E-state index contributed by atoms with van der Waals surface area (Å²) >= 11 is 0. The van der Waals surface area contributed by atoms with Crippen molar-refractivity contribution < 1.29 is 24.2 Å². The molecule has 22 heavy (non-hydrogen) atoms. The minimum absolute atomic E-state index is 0.167. The summed E-state index contributed by atoms with van der Waals surface area (Å²) in [7, 11) is 3.10. The molecule has 0 aliphatic carbocycles. The van der Waals surface area contributed by atoms with Gasteiger partial charge in [-0.05, 0) is 31.9 Å². The van der Waals surface area contributed by atoms with E-state index < -0.39 is 5.97 Å². The molecule has 0 bridgehead atoms. The summed E-state index contributed by atoms with van der Waals surface area (Å²) in [5, 5.41) is 11.3. The van der Waals surface area contributed by atoms with E-state index in [1.807, 2.05) is 6.92 Å². The maximum absolute atomic E-state index is 12.1. The lowest BCUT2D eigenvalue weighted by atomic mass is 10.1. The third-order valence-corrected chi connectivity index (χ3v) is 3.37. The summed E-state index contributed by atoms with van der Waals surface area (Å²) in [5.41, 5.74) is 1.32. The Bertz CT molecular complexity index is 502. The molecule has 0 radical (unpaired) electrons. The first kappa shape index (κ1) is 17.8. The number of carboxylic acids is 1. The van der Waals surface area contributed by atoms with E-state index in [9.17, 15) is 9.59 Å². The predicted octanol–water partition coefficient (Wildman–Crippen LogP) is 2.39. The fourth-order valence-electron chi connectivity index (χ4n) is 2.10. The van der Waals surface area contributed by atoms with Gasteiger partial charge in [0.15, 0.2) is 0 Å². The number of benzene rings is 1. The molecule has 1 aromatic carbocycles. The lowest BCUT2D eigenvalue weighted by Crippen LogP contribution is -2.24. The number of carboxylic acid groups (broad SMARTS) is 1. The van der Waals surface area contributed by atoms with Crippen LogP contribution < -0.4 is 14.8 Å². The van der Waals surface area contributed by atoms with E-state index in [0.29, 0.717) is 30.0 Å². The average Bonchev–Trinajstić information content (AvgIpc) is 2.50. The number of carbonyl (C=O) groups is 2. The molecular weight excluding hydrogens is 286 g/mol. The van der Waals surface area contributed by atoms with Crippen LogP contribution in [0.5, 0.6) is 11.5 Å². The van der Waals surface area contributed by atoms with Gasteiger partial charge in [0.2, 0.25) is 0 Å². The molecule has 0 saturated carbocycles. The van der Waals surface area contributed by atoms with Crippen LogP contribution in [-0.4, -0.2) is 37.7 Å². The number of hydrogen-bond donors (Lipinski definition) is 2. The van der Waals surface area contributed by atoms with Crippen molar-refractivity contribution in [1.82, 2.24) is 5.32 Å². The highest BCUT2D eigenvalue weighted by molar-refractivity contribution is 5.95. The normalized spacial score (nSPS) is 10.1. The molecule has 0 aliphatic rings. The van der Waals surface area contributed by atoms with Crippen LogP contribution in [0.4, 0.5) is 0 Å². The molecule has 2 N–H and O–H groups in total. The third-order valence-electron chi connectivity index (χ3n) is 3.37. The molecular formula is C16H23NO5. The Balaban J connectivity index is 2.53. The molecule has 1 rings (SSSR count). The smallest absolute Gasteiger partial charge is 0.303 e. The van der Waals surface area contributed by atoms with Gasteiger partial charge in [-0.2, -0.15) is 0 Å². The zero-order valence-electron chi connectivity index (χ0n) is 13.3. The Kier molecular flexibility index (Phi) is 7.22. The van der Waals surface area contributed by atoms with Gasteiger partial charge in [0.05, 0.1) is 14.2 Å². The van der Waals surface area contributed by atoms with Crippen molar-refractivity contribution in [2.75, 3.05) is 20.8 Å². The fraction of sp³-hybridized carbons (Fsp3) is 0.500. The van der Waals surface area contributed by atoms with E-state index in [2.05, 4.69) is 5.32 Å². The fourth-order valence-corrected chi connectivity index (χ4v) is 2.10. The highest BCUT2D eigenvalue weighted by Gasteiger charge is 2.13. The Labute approximate surface area is 130 Å². The number of nitrogens with one attached hydrogen (secondary N) is 1. The molecule has 1 aromatic rings. The van der Waals surface area contributed by atoms with Gasteiger partial charge < -0.3 is 19.9 Å². The van der Waals surface area contributed by atoms with Crippen molar-refractivity contribution in [1.29, 1.82) is 0 Å². The zero-order valence-corrected chi connectivity index (χ0v) is 13.3. The van der Waals surface area contributed by atoms with Crippen LogP contribution >= 0.6 is 0 Å². The summed E-state index contributed by atoms with van der Waals surface area (Å²) < 4.78 is 10.5. The number of carbonyl (C=O) groups excluding carboxylic acids is 1. The number of rotatable bonds is 9. The van der Waals surface area contributed by atoms with Gasteiger partial charge in [-0.3, -0.25) is 9.59 Å². The largest absolute Gasteiger partial charge is 0.496 e. The molecule has 6 heteroatoms. The summed E-state index contributed by atoms with van der Waals surface area (Å²) in [6.45, 7) is 2.37. The molecule has 0 heterocycles. The summed E-state index contributed by atoms with van der Waals surface area (Å²) in [6.07, 6.45) is 2.31. The van der Waals surface area contributed by atoms with Crippen LogP contribution in [0.15, 0.2) is 12.1 Å². The van der Waals surface area contributed by atoms with Gasteiger partial charge in [-0.25, -0.2) is 0 Å². The first-order valence-electron chi connectivity index (χ1n) is 7.22. The standard InChI is InChI=1S/C16H23NO5/c1-11-13(21-2)9-12(10-14(11)22-3)16(20)17-8-6-4-5-7-15(18)19/h9-10H,4-8H2,1-3H3,(H,17,20)(H,18,19). The van der Waals surface area contributed by atoms with Crippen molar-refractivity contribution in [2.45, 2.75) is 32.6 Å². The van der Waals surface area contributed by atoms with Crippen molar-refractivity contribution in [2.24, 2.45) is 0 Å². The van der Waals surface area contributed by atoms with Crippen LogP contribution in [0, 0.1) is 6.92 Å². The topological polar surface area (TPSA) is 84.9 Å². The van der Waals surface area contributed by atoms with E-state index in [4.69, 9.17) is 14.6 Å². The molecule has 0 spiro atoms. The predicted molar refractivity (Wildman–Crippen MR) is 82.7 cm³/mol. The third kappa shape index (κ3) is 5.27. The molecule has 0 fully saturated rings. The second kappa shape index (κ2) is 8.92. The minimum Gasteiger partial charge on any atom is -0.496 e. The molecule has 0 saturated heterocycles. The maximum Gasteiger partial charge on any atom is 0.303 e. The van der Waals surface area contributed by atoms with Crippen LogP contribution in [0.1, 0.15) is 41.6 Å². The van der Waals surface area contributed by atoms with Gasteiger partial charge >= 0.3 is 5.97 Å². The SMILES string of the molecule is COc1cc(C(=O)NCCCCCC(=O)O)cc(OC)c1C. The number of unbranched alkanes of at least 4 members (excludes halogenated alkanes) is 2. The first-order valence-corrected chi connectivity index (χ1v) is 7.22. The average molecular weight is 309 g/mol. The molecule has 0 aromatic heterocycles. The Morgan fingerprint density at radius 3 is 2.18 bits per heavy atom. The summed E-state index contributed by atoms with van der Waals surface area (Å²) in [4.78, 5) is 22.5. The molecule has 0 aliphatic heterocycles. The van der Waals surface area contributed by atoms with E-state index in [1.165, 1.54) is 0 Å². The second-order valence-corrected chi connectivity index (χ2v) is 4.97. The lowest BCUT2D eigenvalue weighted by molar-refractivity contribution is -0.137. The molecule has 122 valence electrons. The number of aliphatic carboxylic acids is 1. The highest BCUT2D eigenvalue weighted by Crippen LogP contribution is 2.29. The van der Waals surface area contributed by atoms with Gasteiger partial charge in [-0.1, -0.05) is 6.42 Å². The summed E-state index contributed by atoms with van der Waals surface area (Å²) in [5.74, 6) is 0.217. The second-order valence-electron chi connectivity index (χ2n) is 4.97. The van der Waals surface area contributed by atoms with Gasteiger partial charge in [0, 0.05) is 24.1 Å². The van der Waals surface area contributed by atoms with Crippen molar-refractivity contribution in [3.63, 3.8) is 0 Å². The highest BCUT2D eigenvalue weighted by atomic mass is 16.5. The number of methoxy groups -OCH3 is 2. The maximum atomic E-state index is 12.1. The Morgan fingerprint density at radius 2 is 1.68 bits per heavy atom. The van der Waals surface area contributed by atoms with Crippen LogP contribution in [0.3, 0.4) is 0 Å². The van der Waals surface area contributed by atoms with E-state index in [0.717, 1.165) is 18.4 Å².